The summed E-state index contributed by atoms with van der Waals surface area (Å²) in [6, 6.07) is 0.343. The monoisotopic (exact) mass is 242 g/mol. The Bertz CT molecular complexity index is 237. The number of hydrogen-bond acceptors (Lipinski definition) is 4. The van der Waals surface area contributed by atoms with Gasteiger partial charge in [0.25, 0.3) is 0 Å². The van der Waals surface area contributed by atoms with Crippen molar-refractivity contribution in [3.8, 4) is 0 Å². The van der Waals surface area contributed by atoms with Crippen LogP contribution >= 0.6 is 0 Å². The molecular formula is C13H26N2O2. The molecule has 0 radical (unpaired) electrons. The van der Waals surface area contributed by atoms with Crippen LogP contribution in [0, 0.1) is 5.92 Å². The van der Waals surface area contributed by atoms with Crippen LogP contribution in [0.4, 0.5) is 0 Å². The highest BCUT2D eigenvalue weighted by Gasteiger charge is 2.33. The highest BCUT2D eigenvalue weighted by atomic mass is 16.5. The molecule has 2 aliphatic heterocycles. The molecule has 2 fully saturated rings. The zero-order chi connectivity index (χ0) is 12.3. The topological polar surface area (TPSA) is 35.9 Å². The van der Waals surface area contributed by atoms with Crippen LogP contribution in [0.5, 0.6) is 0 Å². The van der Waals surface area contributed by atoms with Crippen LogP contribution in [0.25, 0.3) is 0 Å². The van der Waals surface area contributed by atoms with E-state index >= 15 is 0 Å². The van der Waals surface area contributed by atoms with Gasteiger partial charge in [0, 0.05) is 25.7 Å². The standard InChI is InChI=1S/C13H26N2O2/c1-3-14-6-7-17-12(8-14)9-15-5-4-11(2)13(15)10-16/h11-13,16H,3-10H2,1-2H3. The summed E-state index contributed by atoms with van der Waals surface area (Å²) in [5.41, 5.74) is 0. The van der Waals surface area contributed by atoms with Crippen molar-refractivity contribution in [2.24, 2.45) is 5.92 Å². The Labute approximate surface area is 105 Å². The van der Waals surface area contributed by atoms with Gasteiger partial charge in [0.2, 0.25) is 0 Å². The minimum atomic E-state index is 0.283. The van der Waals surface area contributed by atoms with Gasteiger partial charge in [-0.1, -0.05) is 13.8 Å². The molecule has 0 aliphatic carbocycles. The Hall–Kier alpha value is -0.160. The SMILES string of the molecule is CCN1CCOC(CN2CCC(C)C2CO)C1. The fraction of sp³-hybridized carbons (Fsp3) is 1.00. The largest absolute Gasteiger partial charge is 0.395 e. The summed E-state index contributed by atoms with van der Waals surface area (Å²) < 4.78 is 5.84. The van der Waals surface area contributed by atoms with Gasteiger partial charge in [0.05, 0.1) is 19.3 Å². The van der Waals surface area contributed by atoms with Gasteiger partial charge in [-0.3, -0.25) is 9.80 Å². The van der Waals surface area contributed by atoms with E-state index in [-0.39, 0.29) is 6.61 Å². The highest BCUT2D eigenvalue weighted by molar-refractivity contribution is 4.86. The summed E-state index contributed by atoms with van der Waals surface area (Å²) >= 11 is 0. The van der Waals surface area contributed by atoms with Gasteiger partial charge in [0.15, 0.2) is 0 Å². The first kappa shape index (κ1) is 13.3. The molecule has 2 heterocycles. The summed E-state index contributed by atoms with van der Waals surface area (Å²) in [5.74, 6) is 0.617. The molecule has 3 unspecified atom stereocenters. The number of likely N-dealkylation sites (N-methyl/N-ethyl adjacent to an activating group) is 1. The third-order valence-corrected chi connectivity index (χ3v) is 4.29. The third-order valence-electron chi connectivity index (χ3n) is 4.29. The molecule has 17 heavy (non-hydrogen) atoms. The molecule has 0 aromatic rings. The molecular weight excluding hydrogens is 216 g/mol. The van der Waals surface area contributed by atoms with Crippen molar-refractivity contribution >= 4 is 0 Å². The average molecular weight is 242 g/mol. The van der Waals surface area contributed by atoms with Crippen LogP contribution in [0.3, 0.4) is 0 Å². The van der Waals surface area contributed by atoms with Crippen LogP contribution in [0.15, 0.2) is 0 Å². The van der Waals surface area contributed by atoms with Gasteiger partial charge in [-0.15, -0.1) is 0 Å². The van der Waals surface area contributed by atoms with Gasteiger partial charge in [-0.2, -0.15) is 0 Å². The van der Waals surface area contributed by atoms with E-state index in [0.29, 0.717) is 18.1 Å². The lowest BCUT2D eigenvalue weighted by Crippen LogP contribution is -2.49. The molecule has 0 aromatic carbocycles. The zero-order valence-corrected chi connectivity index (χ0v) is 11.1. The molecule has 0 bridgehead atoms. The molecule has 100 valence electrons. The fourth-order valence-electron chi connectivity index (χ4n) is 3.05. The molecule has 0 amide bonds. The van der Waals surface area contributed by atoms with Crippen molar-refractivity contribution in [2.45, 2.75) is 32.4 Å². The number of likely N-dealkylation sites (tertiary alicyclic amines) is 1. The molecule has 0 saturated carbocycles. The van der Waals surface area contributed by atoms with E-state index < -0.39 is 0 Å². The molecule has 2 rings (SSSR count). The van der Waals surface area contributed by atoms with Crippen LogP contribution in [-0.2, 0) is 4.74 Å². The summed E-state index contributed by atoms with van der Waals surface area (Å²) in [7, 11) is 0. The van der Waals surface area contributed by atoms with Crippen LogP contribution in [0.1, 0.15) is 20.3 Å². The predicted molar refractivity (Wildman–Crippen MR) is 68.1 cm³/mol. The van der Waals surface area contributed by atoms with E-state index in [9.17, 15) is 5.11 Å². The van der Waals surface area contributed by atoms with Gasteiger partial charge < -0.3 is 9.84 Å². The van der Waals surface area contributed by atoms with E-state index in [1.54, 1.807) is 0 Å². The first-order valence-corrected chi connectivity index (χ1v) is 6.93. The summed E-state index contributed by atoms with van der Waals surface area (Å²) in [6.45, 7) is 10.9. The van der Waals surface area contributed by atoms with Crippen LogP contribution in [-0.4, -0.2) is 73.0 Å². The van der Waals surface area contributed by atoms with Gasteiger partial charge >= 0.3 is 0 Å². The second-order valence-corrected chi connectivity index (χ2v) is 5.40. The van der Waals surface area contributed by atoms with E-state index in [2.05, 4.69) is 23.6 Å². The fourth-order valence-corrected chi connectivity index (χ4v) is 3.05. The van der Waals surface area contributed by atoms with Gasteiger partial charge in [0.1, 0.15) is 0 Å². The lowest BCUT2D eigenvalue weighted by molar-refractivity contribution is -0.0466. The van der Waals surface area contributed by atoms with Gasteiger partial charge in [-0.05, 0) is 25.4 Å². The van der Waals surface area contributed by atoms with Crippen molar-refractivity contribution in [3.05, 3.63) is 0 Å². The number of aliphatic hydroxyl groups excluding tert-OH is 1. The second-order valence-electron chi connectivity index (χ2n) is 5.40. The molecule has 4 nitrogen and oxygen atoms in total. The molecule has 1 N–H and O–H groups in total. The maximum Gasteiger partial charge on any atom is 0.0829 e. The molecule has 0 aromatic heterocycles. The number of rotatable bonds is 4. The van der Waals surface area contributed by atoms with Crippen molar-refractivity contribution in [1.82, 2.24) is 9.80 Å². The van der Waals surface area contributed by atoms with Crippen molar-refractivity contribution in [1.29, 1.82) is 0 Å². The minimum absolute atomic E-state index is 0.283. The summed E-state index contributed by atoms with van der Waals surface area (Å²) in [5, 5.41) is 9.44. The summed E-state index contributed by atoms with van der Waals surface area (Å²) in [4.78, 5) is 4.86. The molecule has 2 aliphatic rings. The Morgan fingerprint density at radius 1 is 1.35 bits per heavy atom. The maximum atomic E-state index is 9.44. The number of aliphatic hydroxyl groups is 1. The van der Waals surface area contributed by atoms with E-state index in [1.165, 1.54) is 6.42 Å². The number of nitrogens with zero attached hydrogens (tertiary/aromatic N) is 2. The van der Waals surface area contributed by atoms with Crippen LogP contribution in [0.2, 0.25) is 0 Å². The molecule has 3 atom stereocenters. The van der Waals surface area contributed by atoms with Crippen molar-refractivity contribution < 1.29 is 9.84 Å². The van der Waals surface area contributed by atoms with Crippen molar-refractivity contribution in [2.75, 3.05) is 45.9 Å². The Balaban J connectivity index is 1.83. The maximum absolute atomic E-state index is 9.44. The third kappa shape index (κ3) is 3.19. The average Bonchev–Trinajstić information content (AvgIpc) is 2.70. The van der Waals surface area contributed by atoms with E-state index in [4.69, 9.17) is 4.74 Å². The molecule has 4 heteroatoms. The van der Waals surface area contributed by atoms with Crippen LogP contribution < -0.4 is 0 Å². The number of hydrogen-bond donors (Lipinski definition) is 1. The first-order valence-electron chi connectivity index (χ1n) is 6.93. The first-order chi connectivity index (χ1) is 8.24. The van der Waals surface area contributed by atoms with Crippen molar-refractivity contribution in [3.63, 3.8) is 0 Å². The number of morpholine rings is 1. The Kier molecular flexibility index (Phi) is 4.79. The smallest absolute Gasteiger partial charge is 0.0829 e. The lowest BCUT2D eigenvalue weighted by Gasteiger charge is -2.35. The van der Waals surface area contributed by atoms with Gasteiger partial charge in [-0.25, -0.2) is 0 Å². The number of ether oxygens (including phenoxy) is 1. The minimum Gasteiger partial charge on any atom is -0.395 e. The Morgan fingerprint density at radius 3 is 2.88 bits per heavy atom. The summed E-state index contributed by atoms with van der Waals surface area (Å²) in [6.07, 6.45) is 1.53. The zero-order valence-electron chi connectivity index (χ0n) is 11.1. The van der Waals surface area contributed by atoms with E-state index in [1.807, 2.05) is 0 Å². The normalized spacial score (nSPS) is 36.5. The molecule has 0 spiro atoms. The second kappa shape index (κ2) is 6.14. The predicted octanol–water partition coefficient (Wildman–Crippen LogP) is 0.410. The Morgan fingerprint density at radius 2 is 2.18 bits per heavy atom. The van der Waals surface area contributed by atoms with E-state index in [0.717, 1.165) is 39.3 Å². The molecule has 2 saturated heterocycles. The quantitative estimate of drug-likeness (QED) is 0.774. The highest BCUT2D eigenvalue weighted by Crippen LogP contribution is 2.24. The lowest BCUT2D eigenvalue weighted by atomic mass is 10.0.